The minimum atomic E-state index is -1.06. The Morgan fingerprint density at radius 1 is 0.976 bits per heavy atom. The second-order valence-electron chi connectivity index (χ2n) is 10.7. The van der Waals surface area contributed by atoms with Gasteiger partial charge in [-0.2, -0.15) is 0 Å². The Labute approximate surface area is 243 Å². The van der Waals surface area contributed by atoms with Crippen molar-refractivity contribution in [2.75, 3.05) is 6.61 Å². The summed E-state index contributed by atoms with van der Waals surface area (Å²) in [7, 11) is 0. The summed E-state index contributed by atoms with van der Waals surface area (Å²) < 4.78 is 13.1. The number of ketones is 1. The Morgan fingerprint density at radius 2 is 1.68 bits per heavy atom. The van der Waals surface area contributed by atoms with E-state index in [1.54, 1.807) is 39.8 Å². The van der Waals surface area contributed by atoms with Gasteiger partial charge in [0.1, 0.15) is 11.4 Å². The predicted molar refractivity (Wildman–Crippen MR) is 166 cm³/mol. The van der Waals surface area contributed by atoms with E-state index in [2.05, 4.69) is 19.1 Å². The van der Waals surface area contributed by atoms with Gasteiger partial charge in [0.25, 0.3) is 11.7 Å². The summed E-state index contributed by atoms with van der Waals surface area (Å²) in [5.74, 6) is -2.13. The van der Waals surface area contributed by atoms with Crippen LogP contribution in [0.25, 0.3) is 10.9 Å². The molecule has 2 N–H and O–H groups in total. The fraction of sp³-hybridized carbons (Fsp3) is 0.324. The molecule has 2 aromatic rings. The fourth-order valence-electron chi connectivity index (χ4n) is 4.23. The van der Waals surface area contributed by atoms with E-state index in [9.17, 15) is 14.4 Å². The number of allylic oxidation sites excluding steroid dienone is 12. The number of fused-ring (bicyclic) bond motifs is 1. The minimum Gasteiger partial charge on any atom is -0.481 e. The average molecular weight is 559 g/mol. The van der Waals surface area contributed by atoms with E-state index in [1.807, 2.05) is 73.9 Å². The molecule has 1 aromatic heterocycles. The van der Waals surface area contributed by atoms with Crippen molar-refractivity contribution in [1.82, 2.24) is 4.57 Å². The molecular weight excluding hydrogens is 516 g/mol. The van der Waals surface area contributed by atoms with E-state index in [4.69, 9.17) is 15.2 Å². The average Bonchev–Trinajstić information content (AvgIpc) is 3.17. The summed E-state index contributed by atoms with van der Waals surface area (Å²) >= 11 is 0. The lowest BCUT2D eigenvalue weighted by atomic mass is 10.1. The number of rotatable bonds is 12. The number of amides is 1. The first-order chi connectivity index (χ1) is 19.3. The summed E-state index contributed by atoms with van der Waals surface area (Å²) in [6, 6.07) is 5.28. The number of ether oxygens (including phenoxy) is 2. The van der Waals surface area contributed by atoms with Crippen molar-refractivity contribution in [1.29, 1.82) is 0 Å². The summed E-state index contributed by atoms with van der Waals surface area (Å²) in [5, 5.41) is 0.432. The van der Waals surface area contributed by atoms with Crippen LogP contribution in [0.3, 0.4) is 0 Å². The molecule has 1 heterocycles. The zero-order valence-corrected chi connectivity index (χ0v) is 25.4. The highest BCUT2D eigenvalue weighted by molar-refractivity contribution is 6.45. The van der Waals surface area contributed by atoms with E-state index < -0.39 is 23.3 Å². The molecular formula is C34H42N2O5. The molecule has 0 unspecified atom stereocenters. The van der Waals surface area contributed by atoms with Crippen molar-refractivity contribution in [2.24, 2.45) is 5.73 Å². The Kier molecular flexibility index (Phi) is 11.9. The number of primary amides is 1. The second kappa shape index (κ2) is 14.8. The molecule has 7 nitrogen and oxygen atoms in total. The van der Waals surface area contributed by atoms with Crippen molar-refractivity contribution < 1.29 is 23.9 Å². The molecule has 0 aliphatic rings. The molecule has 0 saturated carbocycles. The van der Waals surface area contributed by atoms with E-state index >= 15 is 0 Å². The Hall–Kier alpha value is -4.39. The van der Waals surface area contributed by atoms with Gasteiger partial charge in [0.05, 0.1) is 16.5 Å². The van der Waals surface area contributed by atoms with Crippen molar-refractivity contribution in [3.05, 3.63) is 101 Å². The van der Waals surface area contributed by atoms with Crippen LogP contribution in [0.1, 0.15) is 64.5 Å². The third-order valence-corrected chi connectivity index (χ3v) is 6.05. The molecule has 0 radical (unpaired) electrons. The van der Waals surface area contributed by atoms with Gasteiger partial charge in [-0.3, -0.25) is 9.59 Å². The Morgan fingerprint density at radius 3 is 2.29 bits per heavy atom. The number of hydrogen-bond acceptors (Lipinski definition) is 5. The molecule has 41 heavy (non-hydrogen) atoms. The Balaban J connectivity index is 2.54. The van der Waals surface area contributed by atoms with Gasteiger partial charge in [-0.15, -0.1) is 0 Å². The molecule has 0 atom stereocenters. The summed E-state index contributed by atoms with van der Waals surface area (Å²) in [4.78, 5) is 37.2. The molecule has 218 valence electrons. The number of Topliss-reactive ketones (excluding diaryl/α,β-unsaturated/α-hetero) is 1. The Bertz CT molecular complexity index is 1470. The molecule has 0 aliphatic heterocycles. The third kappa shape index (κ3) is 9.34. The zero-order chi connectivity index (χ0) is 30.7. The molecule has 2 rings (SSSR count). The number of carbonyl (C=O) groups is 3. The highest BCUT2D eigenvalue weighted by Crippen LogP contribution is 2.34. The van der Waals surface area contributed by atoms with Crippen LogP contribution in [-0.4, -0.2) is 34.4 Å². The normalized spacial score (nSPS) is 13.6. The number of esters is 1. The van der Waals surface area contributed by atoms with E-state index in [1.165, 1.54) is 0 Å². The fourth-order valence-corrected chi connectivity index (χ4v) is 4.23. The van der Waals surface area contributed by atoms with Gasteiger partial charge in [-0.05, 0) is 78.7 Å². The topological polar surface area (TPSA) is 101 Å². The van der Waals surface area contributed by atoms with E-state index in [-0.39, 0.29) is 12.2 Å². The van der Waals surface area contributed by atoms with Gasteiger partial charge < -0.3 is 19.8 Å². The maximum absolute atomic E-state index is 13.0. The predicted octanol–water partition coefficient (Wildman–Crippen LogP) is 6.87. The minimum absolute atomic E-state index is 0.164. The molecule has 0 saturated heterocycles. The van der Waals surface area contributed by atoms with Crippen molar-refractivity contribution in [3.63, 3.8) is 0 Å². The number of nitrogens with zero attached hydrogens (tertiary/aromatic N) is 1. The second-order valence-corrected chi connectivity index (χ2v) is 10.7. The number of aromatic nitrogens is 1. The van der Waals surface area contributed by atoms with Crippen molar-refractivity contribution in [2.45, 2.75) is 67.5 Å². The molecule has 0 spiro atoms. The number of benzene rings is 1. The monoisotopic (exact) mass is 558 g/mol. The van der Waals surface area contributed by atoms with Crippen LogP contribution in [0, 0.1) is 6.92 Å². The summed E-state index contributed by atoms with van der Waals surface area (Å²) in [5.41, 5.74) is 9.37. The highest BCUT2D eigenvalue weighted by Gasteiger charge is 2.26. The van der Waals surface area contributed by atoms with Crippen LogP contribution in [0.4, 0.5) is 0 Å². The van der Waals surface area contributed by atoms with Gasteiger partial charge in [0, 0.05) is 12.2 Å². The molecule has 0 bridgehead atoms. The number of nitrogens with two attached hydrogens (primary N) is 1. The lowest BCUT2D eigenvalue weighted by Gasteiger charge is -2.19. The zero-order valence-electron chi connectivity index (χ0n) is 25.4. The van der Waals surface area contributed by atoms with Gasteiger partial charge >= 0.3 is 5.97 Å². The van der Waals surface area contributed by atoms with Gasteiger partial charge in [-0.1, -0.05) is 66.3 Å². The van der Waals surface area contributed by atoms with E-state index in [0.29, 0.717) is 28.9 Å². The molecule has 0 aliphatic carbocycles. The van der Waals surface area contributed by atoms with Crippen LogP contribution in [0.5, 0.6) is 5.75 Å². The van der Waals surface area contributed by atoms with Gasteiger partial charge in [0.2, 0.25) is 0 Å². The lowest BCUT2D eigenvalue weighted by molar-refractivity contribution is -0.157. The van der Waals surface area contributed by atoms with Crippen molar-refractivity contribution in [3.8, 4) is 5.75 Å². The lowest BCUT2D eigenvalue weighted by Crippen LogP contribution is -2.27. The van der Waals surface area contributed by atoms with E-state index in [0.717, 1.165) is 16.7 Å². The molecule has 1 aromatic carbocycles. The SMILES string of the molecule is C/C=C\C=C/C=C(C)/C(/C=C\C)=C/C=C(\C)Cn1c(C)c(C(=O)C(N)=O)c2c(OCC(=O)OC(C)(C)C)cccc21. The standard InChI is InChI=1S/C34H42N2O5/c1-9-11-12-13-16-24(4)26(15-10-2)20-19-23(3)21-36-25(5)30(32(38)33(35)39)31-27(36)17-14-18-28(31)40-22-29(37)41-34(6,7)8/h9-20H,21-22H2,1-8H3,(H2,35,39)/b11-9-,13-12-,15-10-,23-19+,24-16+,26-20+. The number of carbonyl (C=O) groups excluding carboxylic acids is 3. The van der Waals surface area contributed by atoms with Crippen LogP contribution >= 0.6 is 0 Å². The van der Waals surface area contributed by atoms with Gasteiger partial charge in [0.15, 0.2) is 6.61 Å². The van der Waals surface area contributed by atoms with Crippen LogP contribution in [-0.2, 0) is 20.9 Å². The first kappa shape index (κ1) is 32.8. The smallest absolute Gasteiger partial charge is 0.344 e. The largest absolute Gasteiger partial charge is 0.481 e. The maximum Gasteiger partial charge on any atom is 0.344 e. The van der Waals surface area contributed by atoms with Crippen LogP contribution in [0.2, 0.25) is 0 Å². The third-order valence-electron chi connectivity index (χ3n) is 6.05. The maximum atomic E-state index is 13.0. The number of hydrogen-bond donors (Lipinski definition) is 1. The summed E-state index contributed by atoms with van der Waals surface area (Å²) in [6.45, 7) is 15.2. The quantitative estimate of drug-likeness (QED) is 0.133. The highest BCUT2D eigenvalue weighted by atomic mass is 16.6. The molecule has 7 heteroatoms. The summed E-state index contributed by atoms with van der Waals surface area (Å²) in [6.07, 6.45) is 18.1. The van der Waals surface area contributed by atoms with Crippen molar-refractivity contribution >= 4 is 28.6 Å². The first-order valence-corrected chi connectivity index (χ1v) is 13.6. The van der Waals surface area contributed by atoms with Crippen LogP contribution < -0.4 is 10.5 Å². The molecule has 0 fully saturated rings. The first-order valence-electron chi connectivity index (χ1n) is 13.6. The van der Waals surface area contributed by atoms with Crippen LogP contribution in [0.15, 0.2) is 89.6 Å². The molecule has 1 amide bonds. The van der Waals surface area contributed by atoms with Gasteiger partial charge in [-0.25, -0.2) is 4.79 Å².